The lowest BCUT2D eigenvalue weighted by Gasteiger charge is -2.29. The highest BCUT2D eigenvalue weighted by Gasteiger charge is 2.13. The van der Waals surface area contributed by atoms with Crippen LogP contribution in [0.4, 0.5) is 0 Å². The van der Waals surface area contributed by atoms with Gasteiger partial charge in [0.25, 0.3) is 0 Å². The van der Waals surface area contributed by atoms with Gasteiger partial charge in [-0.25, -0.2) is 0 Å². The molecule has 1 aromatic carbocycles. The van der Waals surface area contributed by atoms with Gasteiger partial charge in [-0.2, -0.15) is 0 Å². The highest BCUT2D eigenvalue weighted by Crippen LogP contribution is 2.22. The largest absolute Gasteiger partial charge is 0.496 e. The summed E-state index contributed by atoms with van der Waals surface area (Å²) in [6.07, 6.45) is 4.10. The van der Waals surface area contributed by atoms with E-state index in [4.69, 9.17) is 4.74 Å². The normalized spacial score (nSPS) is 17.9. The molecule has 4 heteroatoms. The molecule has 1 saturated heterocycles. The average Bonchev–Trinajstić information content (AvgIpc) is 2.46. The smallest absolute Gasteiger partial charge is 0.123 e. The third kappa shape index (κ3) is 4.76. The molecule has 0 spiro atoms. The van der Waals surface area contributed by atoms with Crippen LogP contribution < -0.4 is 10.1 Å². The Labute approximate surface area is 130 Å². The Balaban J connectivity index is 1.83. The van der Waals surface area contributed by atoms with Gasteiger partial charge in [-0.1, -0.05) is 22.4 Å². The lowest BCUT2D eigenvalue weighted by Crippen LogP contribution is -2.41. The average molecular weight is 341 g/mol. The van der Waals surface area contributed by atoms with E-state index in [2.05, 4.69) is 39.1 Å². The molecular weight excluding hydrogens is 316 g/mol. The van der Waals surface area contributed by atoms with E-state index in [1.54, 1.807) is 7.11 Å². The third-order valence-electron chi connectivity index (χ3n) is 3.86. The maximum atomic E-state index is 5.41. The topological polar surface area (TPSA) is 24.5 Å². The first-order chi connectivity index (χ1) is 9.69. The van der Waals surface area contributed by atoms with Gasteiger partial charge < -0.3 is 15.0 Å². The van der Waals surface area contributed by atoms with Gasteiger partial charge >= 0.3 is 0 Å². The van der Waals surface area contributed by atoms with Gasteiger partial charge in [0.15, 0.2) is 0 Å². The summed E-state index contributed by atoms with van der Waals surface area (Å²) in [6.45, 7) is 6.76. The zero-order chi connectivity index (χ0) is 14.4. The van der Waals surface area contributed by atoms with Gasteiger partial charge in [0, 0.05) is 29.2 Å². The Morgan fingerprint density at radius 3 is 2.75 bits per heavy atom. The minimum Gasteiger partial charge on any atom is -0.496 e. The van der Waals surface area contributed by atoms with Crippen molar-refractivity contribution in [3.05, 3.63) is 28.2 Å². The predicted molar refractivity (Wildman–Crippen MR) is 87.3 cm³/mol. The first-order valence-electron chi connectivity index (χ1n) is 7.47. The van der Waals surface area contributed by atoms with Crippen molar-refractivity contribution in [3.8, 4) is 5.75 Å². The fourth-order valence-corrected chi connectivity index (χ4v) is 3.17. The number of piperidine rings is 1. The summed E-state index contributed by atoms with van der Waals surface area (Å²) in [5.74, 6) is 0.950. The monoisotopic (exact) mass is 340 g/mol. The molecule has 0 amide bonds. The minimum absolute atomic E-state index is 0.497. The van der Waals surface area contributed by atoms with Crippen LogP contribution in [0, 0.1) is 0 Å². The van der Waals surface area contributed by atoms with Crippen molar-refractivity contribution in [1.29, 1.82) is 0 Å². The number of nitrogens with one attached hydrogen (secondary N) is 1. The first kappa shape index (κ1) is 15.8. The third-order valence-corrected chi connectivity index (χ3v) is 4.36. The van der Waals surface area contributed by atoms with Crippen LogP contribution in [0.2, 0.25) is 0 Å². The van der Waals surface area contributed by atoms with Gasteiger partial charge in [-0.05, 0) is 51.1 Å². The molecule has 1 unspecified atom stereocenters. The van der Waals surface area contributed by atoms with E-state index in [1.165, 1.54) is 37.9 Å². The number of hydrogen-bond donors (Lipinski definition) is 1. The molecule has 3 nitrogen and oxygen atoms in total. The Kier molecular flexibility index (Phi) is 6.33. The predicted octanol–water partition coefficient (Wildman–Crippen LogP) is 3.42. The molecule has 0 saturated carbocycles. The fraction of sp³-hybridized carbons (Fsp3) is 0.625. The number of likely N-dealkylation sites (tertiary alicyclic amines) is 1. The molecule has 1 atom stereocenters. The van der Waals surface area contributed by atoms with E-state index >= 15 is 0 Å². The summed E-state index contributed by atoms with van der Waals surface area (Å²) in [6, 6.07) is 6.65. The van der Waals surface area contributed by atoms with Crippen molar-refractivity contribution in [1.82, 2.24) is 10.2 Å². The molecule has 1 aromatic rings. The molecule has 0 radical (unpaired) electrons. The second-order valence-corrected chi connectivity index (χ2v) is 6.52. The zero-order valence-corrected chi connectivity index (χ0v) is 14.1. The SMILES string of the molecule is COc1ccc(Br)cc1CNC(C)CN1CCCCC1. The van der Waals surface area contributed by atoms with E-state index < -0.39 is 0 Å². The van der Waals surface area contributed by atoms with E-state index in [0.29, 0.717) is 6.04 Å². The number of nitrogens with zero attached hydrogens (tertiary/aromatic N) is 1. The van der Waals surface area contributed by atoms with E-state index in [1.807, 2.05) is 12.1 Å². The highest BCUT2D eigenvalue weighted by atomic mass is 79.9. The van der Waals surface area contributed by atoms with Crippen molar-refractivity contribution in [2.24, 2.45) is 0 Å². The number of halogens is 1. The standard InChI is InChI=1S/C16H25BrN2O/c1-13(12-19-8-4-3-5-9-19)18-11-14-10-15(17)6-7-16(14)20-2/h6-7,10,13,18H,3-5,8-9,11-12H2,1-2H3. The quantitative estimate of drug-likeness (QED) is 0.858. The summed E-state index contributed by atoms with van der Waals surface area (Å²) in [5, 5.41) is 3.61. The molecular formula is C16H25BrN2O. The Hall–Kier alpha value is -0.580. The molecule has 1 heterocycles. The summed E-state index contributed by atoms with van der Waals surface area (Å²) < 4.78 is 6.51. The van der Waals surface area contributed by atoms with Crippen molar-refractivity contribution >= 4 is 15.9 Å². The summed E-state index contributed by atoms with van der Waals surface area (Å²) in [5.41, 5.74) is 1.20. The number of methoxy groups -OCH3 is 1. The minimum atomic E-state index is 0.497. The molecule has 1 aliphatic rings. The summed E-state index contributed by atoms with van der Waals surface area (Å²) in [4.78, 5) is 2.57. The lowest BCUT2D eigenvalue weighted by molar-refractivity contribution is 0.208. The second-order valence-electron chi connectivity index (χ2n) is 5.60. The molecule has 0 aromatic heterocycles. The van der Waals surface area contributed by atoms with Gasteiger partial charge in [-0.15, -0.1) is 0 Å². The first-order valence-corrected chi connectivity index (χ1v) is 8.26. The van der Waals surface area contributed by atoms with Crippen LogP contribution in [0.25, 0.3) is 0 Å². The number of hydrogen-bond acceptors (Lipinski definition) is 3. The zero-order valence-electron chi connectivity index (χ0n) is 12.5. The fourth-order valence-electron chi connectivity index (χ4n) is 2.76. The van der Waals surface area contributed by atoms with Crippen LogP contribution in [0.5, 0.6) is 5.75 Å². The van der Waals surface area contributed by atoms with Gasteiger partial charge in [-0.3, -0.25) is 0 Å². The van der Waals surface area contributed by atoms with Crippen molar-refractivity contribution in [3.63, 3.8) is 0 Å². The van der Waals surface area contributed by atoms with Crippen LogP contribution in [-0.2, 0) is 6.54 Å². The molecule has 0 aliphatic carbocycles. The van der Waals surface area contributed by atoms with Crippen molar-refractivity contribution in [2.75, 3.05) is 26.7 Å². The number of rotatable bonds is 6. The summed E-state index contributed by atoms with van der Waals surface area (Å²) in [7, 11) is 1.73. The Morgan fingerprint density at radius 2 is 2.05 bits per heavy atom. The van der Waals surface area contributed by atoms with Crippen molar-refractivity contribution < 1.29 is 4.74 Å². The lowest BCUT2D eigenvalue weighted by atomic mass is 10.1. The van der Waals surface area contributed by atoms with E-state index in [0.717, 1.165) is 23.3 Å². The maximum absolute atomic E-state index is 5.41. The molecule has 0 bridgehead atoms. The number of benzene rings is 1. The molecule has 1 aliphatic heterocycles. The molecule has 2 rings (SSSR count). The van der Waals surface area contributed by atoms with E-state index in [9.17, 15) is 0 Å². The van der Waals surface area contributed by atoms with Gasteiger partial charge in [0.2, 0.25) is 0 Å². The van der Waals surface area contributed by atoms with Crippen LogP contribution in [0.1, 0.15) is 31.7 Å². The molecule has 20 heavy (non-hydrogen) atoms. The number of ether oxygens (including phenoxy) is 1. The molecule has 1 N–H and O–H groups in total. The Morgan fingerprint density at radius 1 is 1.30 bits per heavy atom. The van der Waals surface area contributed by atoms with Gasteiger partial charge in [0.05, 0.1) is 7.11 Å². The summed E-state index contributed by atoms with van der Waals surface area (Å²) >= 11 is 3.52. The van der Waals surface area contributed by atoms with Crippen molar-refractivity contribution in [2.45, 2.75) is 38.8 Å². The van der Waals surface area contributed by atoms with Gasteiger partial charge in [0.1, 0.15) is 5.75 Å². The van der Waals surface area contributed by atoms with E-state index in [-0.39, 0.29) is 0 Å². The molecule has 112 valence electrons. The van der Waals surface area contributed by atoms with Crippen LogP contribution >= 0.6 is 15.9 Å². The maximum Gasteiger partial charge on any atom is 0.123 e. The highest BCUT2D eigenvalue weighted by molar-refractivity contribution is 9.10. The molecule has 1 fully saturated rings. The van der Waals surface area contributed by atoms with Crippen LogP contribution in [-0.4, -0.2) is 37.7 Å². The van der Waals surface area contributed by atoms with Crippen LogP contribution in [0.15, 0.2) is 22.7 Å². The Bertz CT molecular complexity index is 419. The second kappa shape index (κ2) is 8.01. The van der Waals surface area contributed by atoms with Crippen LogP contribution in [0.3, 0.4) is 0 Å².